The number of aromatic amines is 1. The van der Waals surface area contributed by atoms with Crippen molar-refractivity contribution in [3.05, 3.63) is 56.8 Å². The molecule has 0 saturated carbocycles. The molecule has 4 heteroatoms. The van der Waals surface area contributed by atoms with Crippen molar-refractivity contribution in [2.75, 3.05) is 0 Å². The zero-order valence-corrected chi connectivity index (χ0v) is 8.11. The fourth-order valence-corrected chi connectivity index (χ4v) is 1.35. The predicted molar refractivity (Wildman–Crippen MR) is 55.8 cm³/mol. The Hall–Kier alpha value is -2.10. The highest BCUT2D eigenvalue weighted by Gasteiger charge is 2.08. The summed E-state index contributed by atoms with van der Waals surface area (Å²) in [6.07, 6.45) is 0. The quantitative estimate of drug-likeness (QED) is 0.759. The highest BCUT2D eigenvalue weighted by atomic mass is 16.4. The Bertz CT molecular complexity index is 581. The van der Waals surface area contributed by atoms with Crippen molar-refractivity contribution < 1.29 is 4.42 Å². The van der Waals surface area contributed by atoms with Crippen LogP contribution in [-0.2, 0) is 0 Å². The number of benzene rings is 1. The molecule has 1 aromatic carbocycles. The molecule has 1 heterocycles. The zero-order valence-electron chi connectivity index (χ0n) is 8.11. The fourth-order valence-electron chi connectivity index (χ4n) is 1.35. The van der Waals surface area contributed by atoms with Gasteiger partial charge in [-0.15, -0.1) is 0 Å². The molecule has 15 heavy (non-hydrogen) atoms. The van der Waals surface area contributed by atoms with E-state index in [1.165, 1.54) is 0 Å². The standard InChI is InChI=1S/C11H9NO3/c1-7-9(8-5-3-2-4-6-8)15-11(14)12-10(7)13/h2-6H,1H3,(H,12,13,14). The van der Waals surface area contributed by atoms with Gasteiger partial charge in [0.2, 0.25) is 0 Å². The van der Waals surface area contributed by atoms with Crippen LogP contribution in [0.25, 0.3) is 11.3 Å². The van der Waals surface area contributed by atoms with E-state index < -0.39 is 11.3 Å². The lowest BCUT2D eigenvalue weighted by atomic mass is 10.1. The first-order valence-corrected chi connectivity index (χ1v) is 4.48. The molecule has 0 aliphatic carbocycles. The van der Waals surface area contributed by atoms with Crippen LogP contribution in [0.1, 0.15) is 5.56 Å². The molecule has 0 atom stereocenters. The summed E-state index contributed by atoms with van der Waals surface area (Å²) in [5.74, 6) is -0.409. The van der Waals surface area contributed by atoms with Gasteiger partial charge in [0.15, 0.2) is 0 Å². The molecule has 76 valence electrons. The van der Waals surface area contributed by atoms with Gasteiger partial charge in [-0.2, -0.15) is 0 Å². The van der Waals surface area contributed by atoms with Gasteiger partial charge < -0.3 is 4.42 Å². The van der Waals surface area contributed by atoms with Gasteiger partial charge in [0.1, 0.15) is 5.76 Å². The van der Waals surface area contributed by atoms with E-state index >= 15 is 0 Å². The van der Waals surface area contributed by atoms with Crippen molar-refractivity contribution in [1.82, 2.24) is 4.98 Å². The molecule has 0 radical (unpaired) electrons. The second kappa shape index (κ2) is 3.57. The minimum absolute atomic E-state index is 0.323. The van der Waals surface area contributed by atoms with Gasteiger partial charge in [-0.25, -0.2) is 4.79 Å². The Morgan fingerprint density at radius 3 is 2.47 bits per heavy atom. The van der Waals surface area contributed by atoms with Gasteiger partial charge >= 0.3 is 5.76 Å². The molecule has 2 aromatic rings. The summed E-state index contributed by atoms with van der Waals surface area (Å²) in [5, 5.41) is 0. The van der Waals surface area contributed by atoms with E-state index in [0.717, 1.165) is 5.56 Å². The van der Waals surface area contributed by atoms with Crippen molar-refractivity contribution in [3.63, 3.8) is 0 Å². The van der Waals surface area contributed by atoms with Gasteiger partial charge in [-0.05, 0) is 6.92 Å². The van der Waals surface area contributed by atoms with Crippen LogP contribution in [0.4, 0.5) is 0 Å². The van der Waals surface area contributed by atoms with E-state index in [2.05, 4.69) is 4.98 Å². The van der Waals surface area contributed by atoms with Gasteiger partial charge in [-0.1, -0.05) is 30.3 Å². The molecule has 0 amide bonds. The van der Waals surface area contributed by atoms with E-state index in [1.54, 1.807) is 19.1 Å². The first kappa shape index (κ1) is 9.45. The molecular weight excluding hydrogens is 194 g/mol. The topological polar surface area (TPSA) is 63.1 Å². The summed E-state index contributed by atoms with van der Waals surface area (Å²) in [4.78, 5) is 24.4. The number of H-pyrrole nitrogens is 1. The predicted octanol–water partition coefficient (Wildman–Crippen LogP) is 1.30. The lowest BCUT2D eigenvalue weighted by Gasteiger charge is -2.01. The summed E-state index contributed by atoms with van der Waals surface area (Å²) in [5.41, 5.74) is 0.712. The fraction of sp³-hybridized carbons (Fsp3) is 0.0909. The lowest BCUT2D eigenvalue weighted by Crippen LogP contribution is -2.21. The third-order valence-electron chi connectivity index (χ3n) is 2.13. The second-order valence-electron chi connectivity index (χ2n) is 3.16. The Labute approximate surface area is 85.2 Å². The van der Waals surface area contributed by atoms with Crippen LogP contribution in [0.2, 0.25) is 0 Å². The SMILES string of the molecule is Cc1c(-c2ccccc2)oc(=O)[nH]c1=O. The van der Waals surface area contributed by atoms with Crippen molar-refractivity contribution in [2.45, 2.75) is 6.92 Å². The number of aromatic nitrogens is 1. The van der Waals surface area contributed by atoms with Gasteiger partial charge in [-0.3, -0.25) is 9.78 Å². The number of hydrogen-bond acceptors (Lipinski definition) is 3. The third-order valence-corrected chi connectivity index (χ3v) is 2.13. The highest BCUT2D eigenvalue weighted by molar-refractivity contribution is 5.59. The summed E-state index contributed by atoms with van der Waals surface area (Å²) in [7, 11) is 0. The summed E-state index contributed by atoms with van der Waals surface area (Å²) < 4.78 is 4.96. The maximum absolute atomic E-state index is 11.3. The molecule has 0 saturated heterocycles. The largest absolute Gasteiger partial charge is 0.419 e. The number of nitrogens with one attached hydrogen (secondary N) is 1. The first-order valence-electron chi connectivity index (χ1n) is 4.48. The Kier molecular flexibility index (Phi) is 2.25. The molecule has 4 nitrogen and oxygen atoms in total. The van der Waals surface area contributed by atoms with Crippen molar-refractivity contribution in [3.8, 4) is 11.3 Å². The minimum atomic E-state index is -0.732. The number of hydrogen-bond donors (Lipinski definition) is 1. The van der Waals surface area contributed by atoms with Crippen LogP contribution in [0.5, 0.6) is 0 Å². The van der Waals surface area contributed by atoms with Gasteiger partial charge in [0.05, 0.1) is 5.56 Å². The Morgan fingerprint density at radius 1 is 1.13 bits per heavy atom. The summed E-state index contributed by atoms with van der Waals surface area (Å²) >= 11 is 0. The molecule has 0 fully saturated rings. The third kappa shape index (κ3) is 1.74. The van der Waals surface area contributed by atoms with Gasteiger partial charge in [0, 0.05) is 5.56 Å². The molecule has 1 aromatic heterocycles. The van der Waals surface area contributed by atoms with Crippen LogP contribution in [0.15, 0.2) is 44.3 Å². The van der Waals surface area contributed by atoms with Crippen molar-refractivity contribution in [1.29, 1.82) is 0 Å². The highest BCUT2D eigenvalue weighted by Crippen LogP contribution is 2.18. The molecule has 0 aliphatic heterocycles. The maximum atomic E-state index is 11.3. The first-order chi connectivity index (χ1) is 7.18. The summed E-state index contributed by atoms with van der Waals surface area (Å²) in [6, 6.07) is 9.05. The Morgan fingerprint density at radius 2 is 1.80 bits per heavy atom. The molecule has 0 unspecified atom stereocenters. The molecule has 0 aliphatic rings. The summed E-state index contributed by atoms with van der Waals surface area (Å²) in [6.45, 7) is 1.62. The Balaban J connectivity index is 2.74. The van der Waals surface area contributed by atoms with Crippen LogP contribution in [0, 0.1) is 6.92 Å². The van der Waals surface area contributed by atoms with Crippen molar-refractivity contribution in [2.24, 2.45) is 0 Å². The average molecular weight is 203 g/mol. The van der Waals surface area contributed by atoms with Crippen LogP contribution >= 0.6 is 0 Å². The normalized spacial score (nSPS) is 10.2. The van der Waals surface area contributed by atoms with E-state index in [-0.39, 0.29) is 0 Å². The molecular formula is C11H9NO3. The minimum Gasteiger partial charge on any atom is -0.409 e. The molecule has 2 rings (SSSR count). The van der Waals surface area contributed by atoms with Crippen LogP contribution in [0.3, 0.4) is 0 Å². The lowest BCUT2D eigenvalue weighted by molar-refractivity contribution is 0.490. The molecule has 0 bridgehead atoms. The van der Waals surface area contributed by atoms with E-state index in [4.69, 9.17) is 4.42 Å². The van der Waals surface area contributed by atoms with Crippen molar-refractivity contribution >= 4 is 0 Å². The van der Waals surface area contributed by atoms with Crippen LogP contribution in [-0.4, -0.2) is 4.98 Å². The average Bonchev–Trinajstić information content (AvgIpc) is 2.24. The maximum Gasteiger partial charge on any atom is 0.419 e. The van der Waals surface area contributed by atoms with E-state index in [1.807, 2.05) is 18.2 Å². The van der Waals surface area contributed by atoms with E-state index in [0.29, 0.717) is 11.3 Å². The number of rotatable bonds is 1. The molecule has 0 spiro atoms. The molecule has 1 N–H and O–H groups in total. The van der Waals surface area contributed by atoms with Crippen LogP contribution < -0.4 is 11.3 Å². The second-order valence-corrected chi connectivity index (χ2v) is 3.16. The van der Waals surface area contributed by atoms with Gasteiger partial charge in [0.25, 0.3) is 5.56 Å². The zero-order chi connectivity index (χ0) is 10.8. The monoisotopic (exact) mass is 203 g/mol. The smallest absolute Gasteiger partial charge is 0.409 e. The van der Waals surface area contributed by atoms with E-state index in [9.17, 15) is 9.59 Å².